The zero-order valence-electron chi connectivity index (χ0n) is 11.9. The zero-order valence-corrected chi connectivity index (χ0v) is 12.8. The lowest BCUT2D eigenvalue weighted by Crippen LogP contribution is -2.16. The minimum atomic E-state index is -5.04. The van der Waals surface area contributed by atoms with E-state index >= 15 is 0 Å². The molecular formula is C14H8F5NO4S. The summed E-state index contributed by atoms with van der Waals surface area (Å²) in [5.74, 6) is -4.51. The number of halogens is 5. The first kappa shape index (κ1) is 18.6. The van der Waals surface area contributed by atoms with Crippen LogP contribution in [0.4, 0.5) is 27.6 Å². The van der Waals surface area contributed by atoms with Crippen LogP contribution in [0.5, 0.6) is 0 Å². The van der Waals surface area contributed by atoms with Gasteiger partial charge in [0, 0.05) is 5.69 Å². The fourth-order valence-corrected chi connectivity index (χ4v) is 2.93. The molecule has 134 valence electrons. The predicted molar refractivity (Wildman–Crippen MR) is 75.6 cm³/mol. The zero-order chi connectivity index (χ0) is 19.0. The highest BCUT2D eigenvalue weighted by Crippen LogP contribution is 2.33. The van der Waals surface area contributed by atoms with Crippen LogP contribution in [0.15, 0.2) is 41.3 Å². The highest BCUT2D eigenvalue weighted by molar-refractivity contribution is 7.92. The summed E-state index contributed by atoms with van der Waals surface area (Å²) < 4.78 is 90.5. The molecule has 2 N–H and O–H groups in total. The van der Waals surface area contributed by atoms with Gasteiger partial charge in [-0.1, -0.05) is 0 Å². The van der Waals surface area contributed by atoms with Crippen molar-refractivity contribution in [2.24, 2.45) is 0 Å². The topological polar surface area (TPSA) is 83.5 Å². The van der Waals surface area contributed by atoms with Crippen LogP contribution in [0.1, 0.15) is 15.9 Å². The molecule has 0 spiro atoms. The average Bonchev–Trinajstić information content (AvgIpc) is 2.47. The standard InChI is InChI=1S/C14H8F5NO4S/c15-11-4-2-8(6-9(11)13(21)22)25(23,24)20-7-1-3-12(16)10(5-7)14(17,18)19/h1-6,20H,(H,21,22). The number of anilines is 1. The number of carboxylic acid groups (broad SMARTS) is 1. The maximum absolute atomic E-state index is 13.3. The molecular weight excluding hydrogens is 373 g/mol. The summed E-state index contributed by atoms with van der Waals surface area (Å²) in [6.07, 6.45) is -5.04. The molecule has 2 rings (SSSR count). The van der Waals surface area contributed by atoms with Crippen molar-refractivity contribution in [3.05, 3.63) is 59.2 Å². The Balaban J connectivity index is 2.43. The molecule has 0 heterocycles. The quantitative estimate of drug-likeness (QED) is 0.795. The van der Waals surface area contributed by atoms with Crippen molar-refractivity contribution in [2.45, 2.75) is 11.1 Å². The van der Waals surface area contributed by atoms with Crippen molar-refractivity contribution in [1.29, 1.82) is 0 Å². The Morgan fingerprint density at radius 1 is 1.00 bits per heavy atom. The molecule has 5 nitrogen and oxygen atoms in total. The Labute approximate surface area is 137 Å². The van der Waals surface area contributed by atoms with E-state index in [0.717, 1.165) is 12.1 Å². The van der Waals surface area contributed by atoms with Gasteiger partial charge in [-0.2, -0.15) is 13.2 Å². The normalized spacial score (nSPS) is 12.0. The number of benzene rings is 2. The van der Waals surface area contributed by atoms with Crippen molar-refractivity contribution < 1.29 is 40.3 Å². The fourth-order valence-electron chi connectivity index (χ4n) is 1.86. The lowest BCUT2D eigenvalue weighted by Gasteiger charge is -2.12. The number of carboxylic acids is 1. The van der Waals surface area contributed by atoms with Crippen LogP contribution in [0.25, 0.3) is 0 Å². The molecule has 0 aliphatic carbocycles. The molecule has 0 saturated carbocycles. The maximum Gasteiger partial charge on any atom is 0.419 e. The summed E-state index contributed by atoms with van der Waals surface area (Å²) in [6, 6.07) is 3.25. The van der Waals surface area contributed by atoms with E-state index in [0.29, 0.717) is 18.2 Å². The van der Waals surface area contributed by atoms with Gasteiger partial charge in [0.25, 0.3) is 10.0 Å². The molecule has 0 atom stereocenters. The van der Waals surface area contributed by atoms with Gasteiger partial charge >= 0.3 is 12.1 Å². The van der Waals surface area contributed by atoms with Gasteiger partial charge in [0.15, 0.2) is 0 Å². The van der Waals surface area contributed by atoms with E-state index in [9.17, 15) is 35.2 Å². The first-order valence-electron chi connectivity index (χ1n) is 6.34. The Morgan fingerprint density at radius 3 is 2.16 bits per heavy atom. The Morgan fingerprint density at radius 2 is 1.60 bits per heavy atom. The van der Waals surface area contributed by atoms with Crippen molar-refractivity contribution in [2.75, 3.05) is 4.72 Å². The van der Waals surface area contributed by atoms with Crippen LogP contribution < -0.4 is 4.72 Å². The second-order valence-electron chi connectivity index (χ2n) is 4.74. The molecule has 11 heteroatoms. The second kappa shape index (κ2) is 6.31. The van der Waals surface area contributed by atoms with Gasteiger partial charge in [0.05, 0.1) is 16.0 Å². The highest BCUT2D eigenvalue weighted by atomic mass is 32.2. The Hall–Kier alpha value is -2.69. The Bertz CT molecular complexity index is 941. The second-order valence-corrected chi connectivity index (χ2v) is 6.43. The number of hydrogen-bond acceptors (Lipinski definition) is 3. The third-order valence-corrected chi connectivity index (χ3v) is 4.38. The van der Waals surface area contributed by atoms with Crippen molar-refractivity contribution in [1.82, 2.24) is 0 Å². The molecule has 0 fully saturated rings. The molecule has 0 bridgehead atoms. The highest BCUT2D eigenvalue weighted by Gasteiger charge is 2.34. The van der Waals surface area contributed by atoms with Gasteiger partial charge in [-0.15, -0.1) is 0 Å². The van der Waals surface area contributed by atoms with E-state index in [2.05, 4.69) is 0 Å². The van der Waals surface area contributed by atoms with E-state index in [1.54, 1.807) is 4.72 Å². The van der Waals surface area contributed by atoms with Gasteiger partial charge in [-0.3, -0.25) is 4.72 Å². The molecule has 0 radical (unpaired) electrons. The molecule has 25 heavy (non-hydrogen) atoms. The molecule has 0 amide bonds. The molecule has 0 saturated heterocycles. The number of alkyl halides is 3. The number of sulfonamides is 1. The van der Waals surface area contributed by atoms with Crippen molar-refractivity contribution in [3.63, 3.8) is 0 Å². The van der Waals surface area contributed by atoms with E-state index in [1.165, 1.54) is 0 Å². The van der Waals surface area contributed by atoms with Gasteiger partial charge in [0.1, 0.15) is 11.6 Å². The SMILES string of the molecule is O=C(O)c1cc(S(=O)(=O)Nc2ccc(F)c(C(F)(F)F)c2)ccc1F. The third kappa shape index (κ3) is 4.05. The van der Waals surface area contributed by atoms with Crippen LogP contribution in [-0.4, -0.2) is 19.5 Å². The third-order valence-electron chi connectivity index (χ3n) is 3.00. The largest absolute Gasteiger partial charge is 0.478 e. The van der Waals surface area contributed by atoms with Gasteiger partial charge < -0.3 is 5.11 Å². The van der Waals surface area contributed by atoms with Gasteiger partial charge in [-0.25, -0.2) is 22.0 Å². The van der Waals surface area contributed by atoms with Crippen LogP contribution in [-0.2, 0) is 16.2 Å². The predicted octanol–water partition coefficient (Wildman–Crippen LogP) is 3.48. The monoisotopic (exact) mass is 381 g/mol. The Kier molecular flexibility index (Phi) is 4.71. The number of hydrogen-bond donors (Lipinski definition) is 2. The number of carbonyl (C=O) groups is 1. The maximum atomic E-state index is 13.3. The van der Waals surface area contributed by atoms with E-state index < -0.39 is 55.5 Å². The van der Waals surface area contributed by atoms with Crippen LogP contribution in [0.2, 0.25) is 0 Å². The van der Waals surface area contributed by atoms with Crippen LogP contribution in [0.3, 0.4) is 0 Å². The van der Waals surface area contributed by atoms with Crippen molar-refractivity contribution >= 4 is 21.7 Å². The molecule has 0 aromatic heterocycles. The van der Waals surface area contributed by atoms with Crippen LogP contribution in [0, 0.1) is 11.6 Å². The van der Waals surface area contributed by atoms with Crippen molar-refractivity contribution in [3.8, 4) is 0 Å². The lowest BCUT2D eigenvalue weighted by atomic mass is 10.2. The number of aromatic carboxylic acids is 1. The first-order valence-corrected chi connectivity index (χ1v) is 7.82. The minimum Gasteiger partial charge on any atom is -0.478 e. The summed E-state index contributed by atoms with van der Waals surface area (Å²) in [4.78, 5) is 10.1. The lowest BCUT2D eigenvalue weighted by molar-refractivity contribution is -0.139. The molecule has 0 aliphatic rings. The van der Waals surface area contributed by atoms with Gasteiger partial charge in [0.2, 0.25) is 0 Å². The molecule has 0 unspecified atom stereocenters. The van der Waals surface area contributed by atoms with E-state index in [4.69, 9.17) is 5.11 Å². The number of rotatable bonds is 4. The van der Waals surface area contributed by atoms with Crippen LogP contribution >= 0.6 is 0 Å². The summed E-state index contributed by atoms with van der Waals surface area (Å²) in [7, 11) is -4.53. The molecule has 0 aliphatic heterocycles. The van der Waals surface area contributed by atoms with Gasteiger partial charge in [-0.05, 0) is 36.4 Å². The summed E-state index contributed by atoms with van der Waals surface area (Å²) in [5.41, 5.74) is -3.22. The molecule has 2 aromatic carbocycles. The number of nitrogens with one attached hydrogen (secondary N) is 1. The van der Waals surface area contributed by atoms with E-state index in [1.807, 2.05) is 0 Å². The smallest absolute Gasteiger partial charge is 0.419 e. The first-order chi connectivity index (χ1) is 11.4. The summed E-state index contributed by atoms with van der Waals surface area (Å²) in [6.45, 7) is 0. The average molecular weight is 381 g/mol. The molecule has 2 aromatic rings. The minimum absolute atomic E-state index is 0.245. The summed E-state index contributed by atoms with van der Waals surface area (Å²) in [5, 5.41) is 8.78. The van der Waals surface area contributed by atoms with E-state index in [-0.39, 0.29) is 6.07 Å². The fraction of sp³-hybridized carbons (Fsp3) is 0.0714. The summed E-state index contributed by atoms with van der Waals surface area (Å²) >= 11 is 0.